The van der Waals surface area contributed by atoms with E-state index < -0.39 is 22.6 Å². The lowest BCUT2D eigenvalue weighted by molar-refractivity contribution is -0.138. The molecule has 0 atom stereocenters. The second-order valence-electron chi connectivity index (χ2n) is 7.18. The van der Waals surface area contributed by atoms with Gasteiger partial charge in [-0.15, -0.1) is 0 Å². The van der Waals surface area contributed by atoms with Gasteiger partial charge in [-0.2, -0.15) is 0 Å². The van der Waals surface area contributed by atoms with E-state index in [-0.39, 0.29) is 19.2 Å². The fraction of sp³-hybridized carbons (Fsp3) is 0.733. The smallest absolute Gasteiger partial charge is 0.333 e. The fourth-order valence-corrected chi connectivity index (χ4v) is 10.2. The second kappa shape index (κ2) is 9.89. The van der Waals surface area contributed by atoms with E-state index in [4.69, 9.17) is 8.85 Å². The molecule has 23 heavy (non-hydrogen) atoms. The second-order valence-corrected chi connectivity index (χ2v) is 16.2. The Balaban J connectivity index is 3.75. The zero-order chi connectivity index (χ0) is 18.1. The topological polar surface area (TPSA) is 76.7 Å². The summed E-state index contributed by atoms with van der Waals surface area (Å²) in [5.74, 6) is -0.443. The van der Waals surface area contributed by atoms with E-state index in [0.717, 1.165) is 12.5 Å². The minimum Gasteiger partial charge on any atom is -0.460 e. The van der Waals surface area contributed by atoms with Crippen LogP contribution in [-0.4, -0.2) is 48.3 Å². The first kappa shape index (κ1) is 21.9. The molecule has 0 heterocycles. The maximum absolute atomic E-state index is 11.6. The zero-order valence-corrected chi connectivity index (χ0v) is 17.4. The van der Waals surface area contributed by atoms with Crippen LogP contribution in [0, 0.1) is 0 Å². The van der Waals surface area contributed by atoms with E-state index in [0.29, 0.717) is 12.1 Å². The van der Waals surface area contributed by atoms with Gasteiger partial charge in [0, 0.05) is 12.1 Å². The summed E-state index contributed by atoms with van der Waals surface area (Å²) >= 11 is 0. The van der Waals surface area contributed by atoms with Crippen LogP contribution in [0.4, 0.5) is 4.79 Å². The molecule has 0 unspecified atom stereocenters. The van der Waals surface area contributed by atoms with Crippen LogP contribution in [0.5, 0.6) is 0 Å². The SMILES string of the molecule is C=C(C)C(=O)OCCNC(=O)NCCC[Si](C)(C)O[Si](C)(C)C. The highest BCUT2D eigenvalue weighted by Gasteiger charge is 2.28. The minimum absolute atomic E-state index is 0.142. The van der Waals surface area contributed by atoms with Gasteiger partial charge in [-0.3, -0.25) is 0 Å². The summed E-state index contributed by atoms with van der Waals surface area (Å²) in [6.45, 7) is 17.2. The van der Waals surface area contributed by atoms with Crippen molar-refractivity contribution < 1.29 is 18.4 Å². The third kappa shape index (κ3) is 13.0. The quantitative estimate of drug-likeness (QED) is 0.272. The molecule has 0 aromatic heterocycles. The summed E-state index contributed by atoms with van der Waals surface area (Å²) in [6.07, 6.45) is 0.905. The highest BCUT2D eigenvalue weighted by molar-refractivity contribution is 6.84. The normalized spacial score (nSPS) is 11.7. The maximum atomic E-state index is 11.6. The van der Waals surface area contributed by atoms with Crippen molar-refractivity contribution in [3.63, 3.8) is 0 Å². The van der Waals surface area contributed by atoms with Gasteiger partial charge in [-0.05, 0) is 52.1 Å². The largest absolute Gasteiger partial charge is 0.460 e. The van der Waals surface area contributed by atoms with E-state index in [9.17, 15) is 9.59 Å². The van der Waals surface area contributed by atoms with Crippen molar-refractivity contribution in [2.45, 2.75) is 52.1 Å². The first-order valence-corrected chi connectivity index (χ1v) is 14.5. The van der Waals surface area contributed by atoms with Gasteiger partial charge in [0.25, 0.3) is 0 Å². The van der Waals surface area contributed by atoms with Crippen LogP contribution in [0.2, 0.25) is 38.8 Å². The Kier molecular flexibility index (Phi) is 9.40. The number of carbonyl (C=O) groups is 2. The van der Waals surface area contributed by atoms with Crippen LogP contribution in [0.25, 0.3) is 0 Å². The van der Waals surface area contributed by atoms with E-state index in [1.54, 1.807) is 6.92 Å². The number of rotatable bonds is 10. The van der Waals surface area contributed by atoms with E-state index in [1.807, 2.05) is 0 Å². The molecule has 0 rings (SSSR count). The summed E-state index contributed by atoms with van der Waals surface area (Å²) < 4.78 is 11.1. The molecule has 0 aliphatic rings. The standard InChI is InChI=1S/C15H32N2O4Si2/c1-13(2)14(18)20-11-10-17-15(19)16-9-8-12-23(6,7)21-22(3,4)5/h1,8-12H2,2-7H3,(H2,16,17,19). The Labute approximate surface area is 142 Å². The molecule has 8 heteroatoms. The molecule has 0 fully saturated rings. The Bertz CT molecular complexity index is 420. The van der Waals surface area contributed by atoms with Gasteiger partial charge in [0.1, 0.15) is 6.61 Å². The Morgan fingerprint density at radius 1 is 1.04 bits per heavy atom. The van der Waals surface area contributed by atoms with Crippen molar-refractivity contribution in [1.82, 2.24) is 10.6 Å². The Morgan fingerprint density at radius 2 is 1.61 bits per heavy atom. The van der Waals surface area contributed by atoms with Crippen LogP contribution >= 0.6 is 0 Å². The Hall–Kier alpha value is -1.13. The van der Waals surface area contributed by atoms with Crippen molar-refractivity contribution in [1.29, 1.82) is 0 Å². The molecule has 0 saturated carbocycles. The monoisotopic (exact) mass is 360 g/mol. The van der Waals surface area contributed by atoms with Gasteiger partial charge in [-0.25, -0.2) is 9.59 Å². The highest BCUT2D eigenvalue weighted by Crippen LogP contribution is 2.19. The van der Waals surface area contributed by atoms with Crippen molar-refractivity contribution in [3.8, 4) is 0 Å². The molecule has 2 N–H and O–H groups in total. The summed E-state index contributed by atoms with van der Waals surface area (Å²) in [5.41, 5.74) is 0.349. The molecule has 0 saturated heterocycles. The van der Waals surface area contributed by atoms with Crippen molar-refractivity contribution in [2.24, 2.45) is 0 Å². The number of hydrogen-bond acceptors (Lipinski definition) is 4. The molecule has 0 aromatic rings. The van der Waals surface area contributed by atoms with E-state index >= 15 is 0 Å². The predicted molar refractivity (Wildman–Crippen MR) is 98.5 cm³/mol. The average molecular weight is 361 g/mol. The number of nitrogens with one attached hydrogen (secondary N) is 2. The molecule has 0 bridgehead atoms. The molecule has 0 radical (unpaired) electrons. The van der Waals surface area contributed by atoms with Gasteiger partial charge in [0.2, 0.25) is 0 Å². The number of amides is 2. The first-order valence-electron chi connectivity index (χ1n) is 7.97. The summed E-state index contributed by atoms with van der Waals surface area (Å²) in [7, 11) is -3.14. The highest BCUT2D eigenvalue weighted by atomic mass is 28.4. The fourth-order valence-electron chi connectivity index (χ4n) is 2.09. The lowest BCUT2D eigenvalue weighted by Crippen LogP contribution is -2.43. The van der Waals surface area contributed by atoms with Gasteiger partial charge in [-0.1, -0.05) is 6.58 Å². The lowest BCUT2D eigenvalue weighted by Gasteiger charge is -2.31. The van der Waals surface area contributed by atoms with Crippen molar-refractivity contribution >= 4 is 28.6 Å². The Morgan fingerprint density at radius 3 is 2.13 bits per heavy atom. The van der Waals surface area contributed by atoms with Gasteiger partial charge in [0.15, 0.2) is 16.6 Å². The average Bonchev–Trinajstić information content (AvgIpc) is 2.36. The van der Waals surface area contributed by atoms with Crippen LogP contribution in [0.15, 0.2) is 12.2 Å². The van der Waals surface area contributed by atoms with Gasteiger partial charge >= 0.3 is 12.0 Å². The van der Waals surface area contributed by atoms with E-state index in [2.05, 4.69) is 49.9 Å². The molecule has 2 amide bonds. The number of carbonyl (C=O) groups excluding carboxylic acids is 2. The molecule has 0 aliphatic carbocycles. The molecular formula is C15H32N2O4Si2. The maximum Gasteiger partial charge on any atom is 0.333 e. The predicted octanol–water partition coefficient (Wildman–Crippen LogP) is 2.85. The van der Waals surface area contributed by atoms with E-state index in [1.165, 1.54) is 0 Å². The van der Waals surface area contributed by atoms with Crippen molar-refractivity contribution in [3.05, 3.63) is 12.2 Å². The molecular weight excluding hydrogens is 328 g/mol. The molecule has 0 aromatic carbocycles. The summed E-state index contributed by atoms with van der Waals surface area (Å²) in [5, 5.41) is 5.44. The third-order valence-corrected chi connectivity index (χ3v) is 9.01. The van der Waals surface area contributed by atoms with Crippen LogP contribution in [0.3, 0.4) is 0 Å². The molecule has 0 spiro atoms. The number of ether oxygens (including phenoxy) is 1. The van der Waals surface area contributed by atoms with Crippen molar-refractivity contribution in [2.75, 3.05) is 19.7 Å². The van der Waals surface area contributed by atoms with Crippen LogP contribution in [0.1, 0.15) is 13.3 Å². The van der Waals surface area contributed by atoms with Gasteiger partial charge < -0.3 is 19.5 Å². The molecule has 134 valence electrons. The summed E-state index contributed by atoms with van der Waals surface area (Å²) in [4.78, 5) is 22.7. The first-order chi connectivity index (χ1) is 10.4. The van der Waals surface area contributed by atoms with Crippen LogP contribution in [-0.2, 0) is 13.6 Å². The van der Waals surface area contributed by atoms with Crippen LogP contribution < -0.4 is 10.6 Å². The lowest BCUT2D eigenvalue weighted by atomic mass is 10.4. The number of urea groups is 1. The zero-order valence-electron chi connectivity index (χ0n) is 15.4. The molecule has 6 nitrogen and oxygen atoms in total. The number of hydrogen-bond donors (Lipinski definition) is 2. The number of esters is 1. The molecule has 0 aliphatic heterocycles. The van der Waals surface area contributed by atoms with Gasteiger partial charge in [0.05, 0.1) is 6.54 Å². The third-order valence-electron chi connectivity index (χ3n) is 2.79. The minimum atomic E-state index is -1.64. The summed E-state index contributed by atoms with van der Waals surface area (Å²) in [6, 6.07) is 0.773.